The van der Waals surface area contributed by atoms with Gasteiger partial charge in [0.05, 0.1) is 13.5 Å². The highest BCUT2D eigenvalue weighted by molar-refractivity contribution is 5.80. The molecule has 2 aliphatic rings. The molecule has 0 saturated carbocycles. The largest absolute Gasteiger partial charge is 0.496 e. The molecule has 0 saturated heterocycles. The maximum absolute atomic E-state index is 14.8. The van der Waals surface area contributed by atoms with Crippen LogP contribution in [0.4, 0.5) is 4.39 Å². The van der Waals surface area contributed by atoms with Gasteiger partial charge in [-0.25, -0.2) is 4.39 Å². The van der Waals surface area contributed by atoms with Crippen LogP contribution in [0.1, 0.15) is 46.6 Å². The molecule has 3 aromatic carbocycles. The van der Waals surface area contributed by atoms with Gasteiger partial charge in [-0.3, -0.25) is 9.59 Å². The minimum Gasteiger partial charge on any atom is -0.496 e. The molecule has 6 heteroatoms. The van der Waals surface area contributed by atoms with Crippen molar-refractivity contribution in [2.75, 3.05) is 13.7 Å². The van der Waals surface area contributed by atoms with Gasteiger partial charge < -0.3 is 14.7 Å². The van der Waals surface area contributed by atoms with Crippen LogP contribution in [0.3, 0.4) is 0 Å². The number of amides is 1. The predicted molar refractivity (Wildman–Crippen MR) is 131 cm³/mol. The van der Waals surface area contributed by atoms with Crippen LogP contribution < -0.4 is 4.74 Å². The van der Waals surface area contributed by atoms with Gasteiger partial charge in [0.2, 0.25) is 5.91 Å². The Labute approximate surface area is 204 Å². The Balaban J connectivity index is 1.45. The van der Waals surface area contributed by atoms with E-state index >= 15 is 0 Å². The summed E-state index contributed by atoms with van der Waals surface area (Å²) in [4.78, 5) is 26.4. The number of rotatable bonds is 6. The fourth-order valence-electron chi connectivity index (χ4n) is 5.54. The van der Waals surface area contributed by atoms with Gasteiger partial charge in [-0.1, -0.05) is 36.4 Å². The SMILES string of the molecule is COc1ccc(CC(=O)O)cc1-c1ccc(F)c2c1CN(C(=O)CC1CCc3ccccc31)CC2. The van der Waals surface area contributed by atoms with E-state index in [1.807, 2.05) is 17.0 Å². The summed E-state index contributed by atoms with van der Waals surface area (Å²) in [5.41, 5.74) is 6.09. The highest BCUT2D eigenvalue weighted by atomic mass is 19.1. The first kappa shape index (κ1) is 23.1. The zero-order chi connectivity index (χ0) is 24.5. The second-order valence-electron chi connectivity index (χ2n) is 9.36. The molecule has 3 aromatic rings. The average Bonchev–Trinajstić information content (AvgIpc) is 3.26. The maximum Gasteiger partial charge on any atom is 0.307 e. The number of aryl methyl sites for hydroxylation is 1. The molecule has 1 N–H and O–H groups in total. The summed E-state index contributed by atoms with van der Waals surface area (Å²) in [5.74, 6) is -0.313. The minimum absolute atomic E-state index is 0.0826. The molecular weight excluding hydrogens is 445 g/mol. The van der Waals surface area contributed by atoms with E-state index in [-0.39, 0.29) is 24.1 Å². The molecular formula is C29H28FNO4. The molecule has 1 amide bonds. The van der Waals surface area contributed by atoms with E-state index < -0.39 is 5.97 Å². The summed E-state index contributed by atoms with van der Waals surface area (Å²) in [6.45, 7) is 0.804. The number of aliphatic carboxylic acids is 1. The molecule has 180 valence electrons. The molecule has 0 radical (unpaired) electrons. The van der Waals surface area contributed by atoms with Crippen molar-refractivity contribution in [1.82, 2.24) is 4.90 Å². The van der Waals surface area contributed by atoms with E-state index in [1.165, 1.54) is 17.2 Å². The lowest BCUT2D eigenvalue weighted by Crippen LogP contribution is -2.37. The molecule has 0 fully saturated rings. The molecule has 1 aliphatic heterocycles. The highest BCUT2D eigenvalue weighted by Crippen LogP contribution is 2.39. The van der Waals surface area contributed by atoms with Crippen LogP contribution in [-0.4, -0.2) is 35.5 Å². The Hall–Kier alpha value is -3.67. The Morgan fingerprint density at radius 2 is 1.89 bits per heavy atom. The molecule has 35 heavy (non-hydrogen) atoms. The summed E-state index contributed by atoms with van der Waals surface area (Å²) in [5, 5.41) is 9.23. The van der Waals surface area contributed by atoms with Crippen molar-refractivity contribution in [2.45, 2.75) is 44.6 Å². The third-order valence-electron chi connectivity index (χ3n) is 7.29. The number of benzene rings is 3. The maximum atomic E-state index is 14.8. The lowest BCUT2D eigenvalue weighted by atomic mass is 9.89. The molecule has 0 bridgehead atoms. The van der Waals surface area contributed by atoms with Crippen LogP contribution in [-0.2, 0) is 35.4 Å². The summed E-state index contributed by atoms with van der Waals surface area (Å²) < 4.78 is 20.4. The fourth-order valence-corrected chi connectivity index (χ4v) is 5.54. The number of fused-ring (bicyclic) bond motifs is 2. The number of nitrogens with zero attached hydrogens (tertiary/aromatic N) is 1. The van der Waals surface area contributed by atoms with Crippen LogP contribution in [0.5, 0.6) is 5.75 Å². The van der Waals surface area contributed by atoms with Gasteiger partial charge in [-0.05, 0) is 76.8 Å². The Morgan fingerprint density at radius 1 is 1.06 bits per heavy atom. The minimum atomic E-state index is -0.924. The third kappa shape index (κ3) is 4.53. The fraction of sp³-hybridized carbons (Fsp3) is 0.310. The van der Waals surface area contributed by atoms with E-state index in [1.54, 1.807) is 31.4 Å². The number of carboxylic acids is 1. The van der Waals surface area contributed by atoms with Crippen LogP contribution in [0, 0.1) is 5.82 Å². The predicted octanol–water partition coefficient (Wildman–Crippen LogP) is 5.13. The number of methoxy groups -OCH3 is 1. The van der Waals surface area contributed by atoms with Crippen LogP contribution in [0.2, 0.25) is 0 Å². The van der Waals surface area contributed by atoms with Gasteiger partial charge in [0, 0.05) is 25.1 Å². The number of carbonyl (C=O) groups is 2. The molecule has 1 heterocycles. The molecule has 0 aromatic heterocycles. The lowest BCUT2D eigenvalue weighted by Gasteiger charge is -2.32. The van der Waals surface area contributed by atoms with Crippen LogP contribution in [0.15, 0.2) is 54.6 Å². The Kier molecular flexibility index (Phi) is 6.29. The van der Waals surface area contributed by atoms with Gasteiger partial charge >= 0.3 is 5.97 Å². The second kappa shape index (κ2) is 9.53. The van der Waals surface area contributed by atoms with E-state index in [2.05, 4.69) is 12.1 Å². The quantitative estimate of drug-likeness (QED) is 0.539. The molecule has 5 rings (SSSR count). The Bertz CT molecular complexity index is 1300. The Morgan fingerprint density at radius 3 is 2.69 bits per heavy atom. The topological polar surface area (TPSA) is 66.8 Å². The average molecular weight is 474 g/mol. The first-order valence-electron chi connectivity index (χ1n) is 12.0. The van der Waals surface area contributed by atoms with Crippen LogP contribution >= 0.6 is 0 Å². The number of hydrogen-bond acceptors (Lipinski definition) is 3. The molecule has 1 aliphatic carbocycles. The van der Waals surface area contributed by atoms with Gasteiger partial charge in [0.25, 0.3) is 0 Å². The summed E-state index contributed by atoms with van der Waals surface area (Å²) in [6.07, 6.45) is 2.75. The van der Waals surface area contributed by atoms with Crippen molar-refractivity contribution >= 4 is 11.9 Å². The summed E-state index contributed by atoms with van der Waals surface area (Å²) >= 11 is 0. The van der Waals surface area contributed by atoms with Gasteiger partial charge in [-0.15, -0.1) is 0 Å². The number of hydrogen-bond donors (Lipinski definition) is 1. The zero-order valence-corrected chi connectivity index (χ0v) is 19.7. The summed E-state index contributed by atoms with van der Waals surface area (Å²) in [7, 11) is 1.56. The first-order chi connectivity index (χ1) is 16.9. The zero-order valence-electron chi connectivity index (χ0n) is 19.7. The van der Waals surface area contributed by atoms with Crippen molar-refractivity contribution in [3.63, 3.8) is 0 Å². The monoisotopic (exact) mass is 473 g/mol. The number of ether oxygens (including phenoxy) is 1. The van der Waals surface area contributed by atoms with Crippen LogP contribution in [0.25, 0.3) is 11.1 Å². The number of carbonyl (C=O) groups excluding carboxylic acids is 1. The van der Waals surface area contributed by atoms with Gasteiger partial charge in [-0.2, -0.15) is 0 Å². The number of carboxylic acid groups (broad SMARTS) is 1. The number of halogens is 1. The molecule has 5 nitrogen and oxygen atoms in total. The molecule has 1 atom stereocenters. The van der Waals surface area contributed by atoms with Crippen molar-refractivity contribution in [1.29, 1.82) is 0 Å². The second-order valence-corrected chi connectivity index (χ2v) is 9.36. The normalized spacial score (nSPS) is 16.5. The highest BCUT2D eigenvalue weighted by Gasteiger charge is 2.30. The van der Waals surface area contributed by atoms with Crippen molar-refractivity contribution in [3.8, 4) is 16.9 Å². The van der Waals surface area contributed by atoms with Gasteiger partial charge in [0.1, 0.15) is 11.6 Å². The van der Waals surface area contributed by atoms with E-state index in [0.29, 0.717) is 48.4 Å². The van der Waals surface area contributed by atoms with Crippen molar-refractivity contribution < 1.29 is 23.8 Å². The third-order valence-corrected chi connectivity index (χ3v) is 7.29. The van der Waals surface area contributed by atoms with E-state index in [4.69, 9.17) is 4.74 Å². The first-order valence-corrected chi connectivity index (χ1v) is 12.0. The smallest absolute Gasteiger partial charge is 0.307 e. The lowest BCUT2D eigenvalue weighted by molar-refractivity contribution is -0.136. The molecule has 1 unspecified atom stereocenters. The van der Waals surface area contributed by atoms with Crippen molar-refractivity contribution in [2.24, 2.45) is 0 Å². The summed E-state index contributed by atoms with van der Waals surface area (Å²) in [6, 6.07) is 16.7. The van der Waals surface area contributed by atoms with E-state index in [0.717, 1.165) is 24.0 Å². The van der Waals surface area contributed by atoms with E-state index in [9.17, 15) is 19.1 Å². The molecule has 0 spiro atoms. The van der Waals surface area contributed by atoms with Crippen molar-refractivity contribution in [3.05, 3.63) is 88.2 Å². The van der Waals surface area contributed by atoms with Gasteiger partial charge in [0.15, 0.2) is 0 Å². The standard InChI is InChI=1S/C29H28FNO4/c1-35-27-11-6-18(15-29(33)34)14-24(27)22-9-10-26(30)23-12-13-31(17-25(22)23)28(32)16-20-8-7-19-4-2-3-5-21(19)20/h2-6,9-11,14,20H,7-8,12-13,15-17H2,1H3,(H,33,34).